The molecule has 0 saturated carbocycles. The van der Waals surface area contributed by atoms with Crippen LogP contribution in [0, 0.1) is 6.92 Å². The predicted molar refractivity (Wildman–Crippen MR) is 89.1 cm³/mol. The number of hydrogen-bond donors (Lipinski definition) is 0. The summed E-state index contributed by atoms with van der Waals surface area (Å²) < 4.78 is 11.0. The first-order chi connectivity index (χ1) is 10.5. The minimum Gasteiger partial charge on any atom is -0.441 e. The van der Waals surface area contributed by atoms with E-state index in [1.807, 2.05) is 31.2 Å². The van der Waals surface area contributed by atoms with Crippen LogP contribution in [0.1, 0.15) is 25.3 Å². The molecule has 0 aliphatic carbocycles. The number of ether oxygens (including phenoxy) is 1. The third-order valence-corrected chi connectivity index (χ3v) is 3.90. The quantitative estimate of drug-likeness (QED) is 0.767. The Kier molecular flexibility index (Phi) is 6.00. The van der Waals surface area contributed by atoms with Crippen LogP contribution in [0.3, 0.4) is 0 Å². The summed E-state index contributed by atoms with van der Waals surface area (Å²) in [7, 11) is 1.72. The first-order valence-corrected chi connectivity index (χ1v) is 7.84. The Labute approximate surface area is 137 Å². The molecule has 1 aromatic heterocycles. The van der Waals surface area contributed by atoms with Crippen molar-refractivity contribution in [2.45, 2.75) is 33.4 Å². The predicted octanol–water partition coefficient (Wildman–Crippen LogP) is 4.16. The summed E-state index contributed by atoms with van der Waals surface area (Å²) in [4.78, 5) is 6.97. The van der Waals surface area contributed by atoms with E-state index in [4.69, 9.17) is 20.8 Å². The smallest absolute Gasteiger partial charge is 0.226 e. The van der Waals surface area contributed by atoms with E-state index in [1.54, 1.807) is 7.11 Å². The molecule has 2 rings (SSSR count). The molecule has 0 bridgehead atoms. The number of benzene rings is 1. The van der Waals surface area contributed by atoms with Gasteiger partial charge in [-0.15, -0.1) is 0 Å². The van der Waals surface area contributed by atoms with Crippen LogP contribution in [0.25, 0.3) is 11.5 Å². The molecule has 1 heterocycles. The first-order valence-electron chi connectivity index (χ1n) is 7.46. The molecule has 0 atom stereocenters. The molecule has 0 N–H and O–H groups in total. The van der Waals surface area contributed by atoms with Crippen LogP contribution < -0.4 is 0 Å². The Hall–Kier alpha value is -1.36. The van der Waals surface area contributed by atoms with Crippen LogP contribution in [0.2, 0.25) is 5.02 Å². The van der Waals surface area contributed by atoms with Gasteiger partial charge in [0.2, 0.25) is 5.89 Å². The number of nitrogens with zero attached hydrogens (tertiary/aromatic N) is 2. The van der Waals surface area contributed by atoms with Crippen molar-refractivity contribution in [3.05, 3.63) is 40.7 Å². The molecule has 22 heavy (non-hydrogen) atoms. The van der Waals surface area contributed by atoms with Gasteiger partial charge in [0, 0.05) is 36.8 Å². The van der Waals surface area contributed by atoms with Crippen LogP contribution in [0.5, 0.6) is 0 Å². The zero-order valence-electron chi connectivity index (χ0n) is 13.6. The highest BCUT2D eigenvalue weighted by molar-refractivity contribution is 6.30. The fraction of sp³-hybridized carbons (Fsp3) is 0.471. The molecular weight excluding hydrogens is 300 g/mol. The van der Waals surface area contributed by atoms with Gasteiger partial charge in [0.05, 0.1) is 12.3 Å². The fourth-order valence-corrected chi connectivity index (χ4v) is 2.34. The van der Waals surface area contributed by atoms with Crippen LogP contribution in [-0.2, 0) is 11.3 Å². The van der Waals surface area contributed by atoms with Crippen molar-refractivity contribution < 1.29 is 9.15 Å². The number of rotatable bonds is 7. The summed E-state index contributed by atoms with van der Waals surface area (Å²) in [6.07, 6.45) is 0. The van der Waals surface area contributed by atoms with E-state index in [1.165, 1.54) is 0 Å². The summed E-state index contributed by atoms with van der Waals surface area (Å²) in [5.74, 6) is 1.49. The number of aromatic nitrogens is 1. The van der Waals surface area contributed by atoms with Gasteiger partial charge in [-0.25, -0.2) is 4.98 Å². The molecule has 0 radical (unpaired) electrons. The second kappa shape index (κ2) is 7.77. The number of aryl methyl sites for hydroxylation is 1. The average molecular weight is 323 g/mol. The zero-order chi connectivity index (χ0) is 16.1. The van der Waals surface area contributed by atoms with Gasteiger partial charge >= 0.3 is 0 Å². The maximum absolute atomic E-state index is 5.92. The van der Waals surface area contributed by atoms with Gasteiger partial charge in [-0.3, -0.25) is 4.90 Å². The van der Waals surface area contributed by atoms with Gasteiger partial charge in [-0.2, -0.15) is 0 Å². The third kappa shape index (κ3) is 4.32. The molecular formula is C17H23ClN2O2. The van der Waals surface area contributed by atoms with Gasteiger partial charge in [-0.1, -0.05) is 11.6 Å². The first kappa shape index (κ1) is 17.0. The van der Waals surface area contributed by atoms with Gasteiger partial charge < -0.3 is 9.15 Å². The topological polar surface area (TPSA) is 38.5 Å². The largest absolute Gasteiger partial charge is 0.441 e. The van der Waals surface area contributed by atoms with E-state index in [0.29, 0.717) is 23.6 Å². The van der Waals surface area contributed by atoms with Gasteiger partial charge in [0.25, 0.3) is 0 Å². The van der Waals surface area contributed by atoms with Crippen LogP contribution in [0.15, 0.2) is 28.7 Å². The minimum atomic E-state index is 0.422. The zero-order valence-corrected chi connectivity index (χ0v) is 14.4. The lowest BCUT2D eigenvalue weighted by Crippen LogP contribution is -2.33. The van der Waals surface area contributed by atoms with Crippen LogP contribution >= 0.6 is 11.6 Å². The number of methoxy groups -OCH3 is 1. The Morgan fingerprint density at radius 2 is 1.95 bits per heavy atom. The lowest BCUT2D eigenvalue weighted by atomic mass is 10.2. The van der Waals surface area contributed by atoms with E-state index in [0.717, 1.165) is 30.1 Å². The Balaban J connectivity index is 2.16. The van der Waals surface area contributed by atoms with Crippen molar-refractivity contribution in [1.82, 2.24) is 9.88 Å². The summed E-state index contributed by atoms with van der Waals surface area (Å²) in [5, 5.41) is 0.706. The second-order valence-corrected chi connectivity index (χ2v) is 6.02. The molecule has 0 amide bonds. The highest BCUT2D eigenvalue weighted by Gasteiger charge is 2.16. The Bertz CT molecular complexity index is 593. The standard InChI is InChI=1S/C17H23ClN2O2/c1-12(2)20(9-10-21-4)11-16-13(3)22-17(19-16)14-5-7-15(18)8-6-14/h5-8,12H,9-11H2,1-4H3. The van der Waals surface area contributed by atoms with Crippen molar-refractivity contribution >= 4 is 11.6 Å². The highest BCUT2D eigenvalue weighted by Crippen LogP contribution is 2.24. The molecule has 0 aliphatic heterocycles. The molecule has 1 aromatic carbocycles. The van der Waals surface area contributed by atoms with E-state index in [2.05, 4.69) is 23.7 Å². The van der Waals surface area contributed by atoms with E-state index in [9.17, 15) is 0 Å². The van der Waals surface area contributed by atoms with Crippen LogP contribution in [0.4, 0.5) is 0 Å². The van der Waals surface area contributed by atoms with Crippen molar-refractivity contribution in [1.29, 1.82) is 0 Å². The molecule has 0 fully saturated rings. The summed E-state index contributed by atoms with van der Waals surface area (Å²) in [5.41, 5.74) is 1.90. The molecule has 120 valence electrons. The Morgan fingerprint density at radius 3 is 2.55 bits per heavy atom. The van der Waals surface area contributed by atoms with E-state index >= 15 is 0 Å². The molecule has 2 aromatic rings. The third-order valence-electron chi connectivity index (χ3n) is 3.65. The molecule has 0 saturated heterocycles. The summed E-state index contributed by atoms with van der Waals surface area (Å²) in [6, 6.07) is 7.94. The van der Waals surface area contributed by atoms with Crippen LogP contribution in [-0.4, -0.2) is 36.2 Å². The second-order valence-electron chi connectivity index (χ2n) is 5.59. The number of hydrogen-bond acceptors (Lipinski definition) is 4. The maximum atomic E-state index is 5.92. The van der Waals surface area contributed by atoms with Crippen molar-refractivity contribution in [3.8, 4) is 11.5 Å². The van der Waals surface area contributed by atoms with Gasteiger partial charge in [0.1, 0.15) is 5.76 Å². The normalized spacial score (nSPS) is 11.6. The summed E-state index contributed by atoms with van der Waals surface area (Å²) in [6.45, 7) is 8.63. The average Bonchev–Trinajstić information content (AvgIpc) is 2.85. The molecule has 4 nitrogen and oxygen atoms in total. The Morgan fingerprint density at radius 1 is 1.27 bits per heavy atom. The maximum Gasteiger partial charge on any atom is 0.226 e. The lowest BCUT2D eigenvalue weighted by Gasteiger charge is -2.25. The van der Waals surface area contributed by atoms with Crippen molar-refractivity contribution in [3.63, 3.8) is 0 Å². The number of oxazole rings is 1. The SMILES string of the molecule is COCCN(Cc1nc(-c2ccc(Cl)cc2)oc1C)C(C)C. The monoisotopic (exact) mass is 322 g/mol. The molecule has 0 aliphatic rings. The fourth-order valence-electron chi connectivity index (χ4n) is 2.21. The van der Waals surface area contributed by atoms with Crippen molar-refractivity contribution in [2.75, 3.05) is 20.3 Å². The highest BCUT2D eigenvalue weighted by atomic mass is 35.5. The number of halogens is 1. The van der Waals surface area contributed by atoms with E-state index < -0.39 is 0 Å². The summed E-state index contributed by atoms with van der Waals surface area (Å²) >= 11 is 5.92. The van der Waals surface area contributed by atoms with Crippen molar-refractivity contribution in [2.24, 2.45) is 0 Å². The van der Waals surface area contributed by atoms with Gasteiger partial charge in [-0.05, 0) is 45.0 Å². The lowest BCUT2D eigenvalue weighted by molar-refractivity contribution is 0.124. The molecule has 5 heteroatoms. The van der Waals surface area contributed by atoms with E-state index in [-0.39, 0.29) is 0 Å². The minimum absolute atomic E-state index is 0.422. The van der Waals surface area contributed by atoms with Gasteiger partial charge in [0.15, 0.2) is 0 Å². The molecule has 0 spiro atoms. The molecule has 0 unspecified atom stereocenters.